The first-order valence-corrected chi connectivity index (χ1v) is 13.0. The minimum atomic E-state index is -0.214. The molecule has 5 aromatic rings. The number of hydrogen-bond acceptors (Lipinski definition) is 10. The molecule has 5 aromatic heterocycles. The molecule has 2 fully saturated rings. The lowest BCUT2D eigenvalue weighted by Crippen LogP contribution is -2.46. The van der Waals surface area contributed by atoms with Crippen LogP contribution in [0.3, 0.4) is 0 Å². The van der Waals surface area contributed by atoms with Gasteiger partial charge in [-0.05, 0) is 38.7 Å². The van der Waals surface area contributed by atoms with Crippen molar-refractivity contribution < 1.29 is 9.59 Å². The Balaban J connectivity index is 1.25. The molecule has 0 spiro atoms. The number of aromatic amines is 2. The summed E-state index contributed by atoms with van der Waals surface area (Å²) in [4.78, 5) is 47.5. The molecule has 7 heterocycles. The van der Waals surface area contributed by atoms with Crippen LogP contribution >= 0.6 is 0 Å². The zero-order chi connectivity index (χ0) is 27.5. The largest absolute Gasteiger partial charge is 0.383 e. The molecule has 202 valence electrons. The van der Waals surface area contributed by atoms with Gasteiger partial charge in [-0.25, -0.2) is 9.97 Å². The lowest BCUT2D eigenvalue weighted by molar-refractivity contribution is 0.0556. The molecule has 14 heteroatoms. The van der Waals surface area contributed by atoms with E-state index in [-0.39, 0.29) is 47.3 Å². The summed E-state index contributed by atoms with van der Waals surface area (Å²) in [6.07, 6.45) is 9.86. The van der Waals surface area contributed by atoms with Gasteiger partial charge in [0.25, 0.3) is 5.91 Å². The van der Waals surface area contributed by atoms with Gasteiger partial charge in [0.15, 0.2) is 17.3 Å². The van der Waals surface area contributed by atoms with E-state index in [0.29, 0.717) is 41.3 Å². The number of nitrogen functional groups attached to an aromatic ring is 2. The SMILES string of the molecule is CC(=O)c1c([C@H]2C[C@H]3CC[C@@H](C2)N3C(=O)c2nnc(N)[nH]2)nc2c(-c3ccc(-c4ncc[nH]4)nc3)cnn2c1N. The van der Waals surface area contributed by atoms with Gasteiger partial charge in [-0.15, -0.1) is 10.2 Å². The summed E-state index contributed by atoms with van der Waals surface area (Å²) in [5.74, 6) is 0.716. The van der Waals surface area contributed by atoms with E-state index in [1.165, 1.54) is 11.4 Å². The van der Waals surface area contributed by atoms with E-state index in [0.717, 1.165) is 24.0 Å². The topological polar surface area (TPSA) is 203 Å². The summed E-state index contributed by atoms with van der Waals surface area (Å²) in [7, 11) is 0. The van der Waals surface area contributed by atoms with Crippen molar-refractivity contribution in [2.24, 2.45) is 0 Å². The summed E-state index contributed by atoms with van der Waals surface area (Å²) < 4.78 is 1.51. The number of carbonyl (C=O) groups excluding carboxylic acids is 2. The van der Waals surface area contributed by atoms with Gasteiger partial charge < -0.3 is 26.3 Å². The summed E-state index contributed by atoms with van der Waals surface area (Å²) >= 11 is 0. The van der Waals surface area contributed by atoms with E-state index < -0.39 is 0 Å². The minimum absolute atomic E-state index is 0.0237. The molecule has 2 aliphatic rings. The average Bonchev–Trinajstić information content (AvgIpc) is 3.75. The number of carbonyl (C=O) groups is 2. The van der Waals surface area contributed by atoms with Crippen LogP contribution < -0.4 is 11.5 Å². The fourth-order valence-corrected chi connectivity index (χ4v) is 6.22. The highest BCUT2D eigenvalue weighted by Gasteiger charge is 2.46. The fourth-order valence-electron chi connectivity index (χ4n) is 6.22. The number of anilines is 2. The zero-order valence-corrected chi connectivity index (χ0v) is 21.6. The van der Waals surface area contributed by atoms with Crippen LogP contribution in [0.2, 0.25) is 0 Å². The number of ketones is 1. The van der Waals surface area contributed by atoms with Crippen LogP contribution in [0.15, 0.2) is 36.9 Å². The zero-order valence-electron chi connectivity index (χ0n) is 21.6. The van der Waals surface area contributed by atoms with Gasteiger partial charge in [-0.2, -0.15) is 9.61 Å². The number of nitrogens with two attached hydrogens (primary N) is 2. The number of fused-ring (bicyclic) bond motifs is 3. The molecule has 0 radical (unpaired) electrons. The van der Waals surface area contributed by atoms with E-state index in [9.17, 15) is 9.59 Å². The molecule has 14 nitrogen and oxygen atoms in total. The molecule has 2 aliphatic heterocycles. The number of nitrogens with zero attached hydrogens (tertiary/aromatic N) is 8. The smallest absolute Gasteiger partial charge is 0.292 e. The predicted octanol–water partition coefficient (Wildman–Crippen LogP) is 2.22. The third-order valence-corrected chi connectivity index (χ3v) is 7.94. The summed E-state index contributed by atoms with van der Waals surface area (Å²) in [5.41, 5.74) is 16.0. The van der Waals surface area contributed by atoms with Crippen LogP contribution in [0.5, 0.6) is 0 Å². The second kappa shape index (κ2) is 8.97. The Kier molecular flexibility index (Phi) is 5.37. The molecule has 0 unspecified atom stereocenters. The van der Waals surface area contributed by atoms with Gasteiger partial charge in [-0.1, -0.05) is 6.07 Å². The Morgan fingerprint density at radius 2 is 1.85 bits per heavy atom. The van der Waals surface area contributed by atoms with Gasteiger partial charge in [0.1, 0.15) is 11.5 Å². The van der Waals surface area contributed by atoms with E-state index in [1.54, 1.807) is 24.8 Å². The Bertz CT molecular complexity index is 1740. The highest BCUT2D eigenvalue weighted by molar-refractivity contribution is 6.00. The first-order valence-electron chi connectivity index (χ1n) is 13.0. The van der Waals surface area contributed by atoms with Gasteiger partial charge in [0.2, 0.25) is 11.8 Å². The molecule has 6 N–H and O–H groups in total. The number of amides is 1. The van der Waals surface area contributed by atoms with Gasteiger partial charge in [0, 0.05) is 47.7 Å². The summed E-state index contributed by atoms with van der Waals surface area (Å²) in [5, 5.41) is 12.1. The normalized spacial score (nSPS) is 20.3. The van der Waals surface area contributed by atoms with E-state index in [4.69, 9.17) is 16.5 Å². The van der Waals surface area contributed by atoms with Crippen LogP contribution in [0, 0.1) is 0 Å². The maximum atomic E-state index is 13.2. The highest BCUT2D eigenvalue weighted by atomic mass is 16.2. The lowest BCUT2D eigenvalue weighted by atomic mass is 9.85. The molecule has 0 aromatic carbocycles. The molecule has 7 rings (SSSR count). The van der Waals surface area contributed by atoms with Crippen molar-refractivity contribution in [2.75, 3.05) is 11.5 Å². The lowest BCUT2D eigenvalue weighted by Gasteiger charge is -2.38. The van der Waals surface area contributed by atoms with Gasteiger partial charge in [0.05, 0.1) is 17.5 Å². The fraction of sp³-hybridized carbons (Fsp3) is 0.308. The number of nitrogens with one attached hydrogen (secondary N) is 2. The highest BCUT2D eigenvalue weighted by Crippen LogP contribution is 2.45. The number of rotatable bonds is 5. The first kappa shape index (κ1) is 23.9. The third-order valence-electron chi connectivity index (χ3n) is 7.94. The van der Waals surface area contributed by atoms with Crippen LogP contribution in [-0.4, -0.2) is 73.4 Å². The Hall–Kier alpha value is -5.14. The van der Waals surface area contributed by atoms with Crippen LogP contribution in [0.25, 0.3) is 28.3 Å². The number of piperidine rings is 1. The molecule has 2 bridgehead atoms. The molecule has 2 saturated heterocycles. The molecular weight excluding hydrogens is 512 g/mol. The monoisotopic (exact) mass is 538 g/mol. The Labute approximate surface area is 227 Å². The maximum absolute atomic E-state index is 13.2. The predicted molar refractivity (Wildman–Crippen MR) is 144 cm³/mol. The van der Waals surface area contributed by atoms with E-state index >= 15 is 0 Å². The minimum Gasteiger partial charge on any atom is -0.383 e. The van der Waals surface area contributed by atoms with Crippen LogP contribution in [0.4, 0.5) is 11.8 Å². The number of imidazole rings is 1. The number of pyridine rings is 1. The molecule has 0 aliphatic carbocycles. The quantitative estimate of drug-likeness (QED) is 0.240. The molecule has 3 atom stereocenters. The van der Waals surface area contributed by atoms with Crippen LogP contribution in [-0.2, 0) is 0 Å². The van der Waals surface area contributed by atoms with Crippen molar-refractivity contribution in [3.63, 3.8) is 0 Å². The average molecular weight is 539 g/mol. The van der Waals surface area contributed by atoms with Crippen molar-refractivity contribution in [1.82, 2.24) is 49.6 Å². The number of aromatic nitrogens is 9. The first-order chi connectivity index (χ1) is 19.4. The van der Waals surface area contributed by atoms with Gasteiger partial charge >= 0.3 is 0 Å². The Morgan fingerprint density at radius 1 is 1.05 bits per heavy atom. The second-order valence-corrected chi connectivity index (χ2v) is 10.3. The van der Waals surface area contributed by atoms with Gasteiger partial charge in [-0.3, -0.25) is 14.6 Å². The van der Waals surface area contributed by atoms with E-state index in [2.05, 4.69) is 35.2 Å². The van der Waals surface area contributed by atoms with Crippen LogP contribution in [0.1, 0.15) is 65.2 Å². The molecule has 40 heavy (non-hydrogen) atoms. The standard InChI is InChI=1S/C26H26N12O2/c1-12(39)19-20(14-8-15-3-4-16(9-14)37(15)25(40)23-34-26(28)36-35-23)33-24-17(11-32-38(24)21(19)27)13-2-5-18(31-10-13)22-29-6-7-30-22/h2,5-7,10-11,14-16H,3-4,8-9,27H2,1H3,(H,29,30)(H3,28,34,35,36)/t14-,15+,16-. The molecule has 1 amide bonds. The number of H-pyrrole nitrogens is 2. The second-order valence-electron chi connectivity index (χ2n) is 10.3. The van der Waals surface area contributed by atoms with Crippen molar-refractivity contribution in [1.29, 1.82) is 0 Å². The summed E-state index contributed by atoms with van der Waals surface area (Å²) in [6.45, 7) is 1.49. The summed E-state index contributed by atoms with van der Waals surface area (Å²) in [6, 6.07) is 3.76. The van der Waals surface area contributed by atoms with Crippen molar-refractivity contribution in [3.05, 3.63) is 54.0 Å². The van der Waals surface area contributed by atoms with E-state index in [1.807, 2.05) is 17.0 Å². The Morgan fingerprint density at radius 3 is 2.48 bits per heavy atom. The molecular formula is C26H26N12O2. The third kappa shape index (κ3) is 3.71. The van der Waals surface area contributed by atoms with Crippen molar-refractivity contribution in [2.45, 2.75) is 50.6 Å². The molecule has 0 saturated carbocycles. The van der Waals surface area contributed by atoms with Crippen molar-refractivity contribution in [3.8, 4) is 22.6 Å². The van der Waals surface area contributed by atoms with Crippen molar-refractivity contribution >= 4 is 29.1 Å². The maximum Gasteiger partial charge on any atom is 0.292 e. The number of Topliss-reactive ketones (excluding diaryl/α,β-unsaturated/α-hetero) is 1. The number of hydrogen-bond donors (Lipinski definition) is 4.